The van der Waals surface area contributed by atoms with Crippen LogP contribution in [0.2, 0.25) is 0 Å². The van der Waals surface area contributed by atoms with Gasteiger partial charge < -0.3 is 15.5 Å². The van der Waals surface area contributed by atoms with Gasteiger partial charge in [-0.2, -0.15) is 0 Å². The summed E-state index contributed by atoms with van der Waals surface area (Å²) < 4.78 is 0. The number of hydrogen-bond donors (Lipinski definition) is 2. The van der Waals surface area contributed by atoms with E-state index < -0.39 is 18.1 Å². The Morgan fingerprint density at radius 3 is 2.30 bits per heavy atom. The second kappa shape index (κ2) is 12.7. The fourth-order valence-electron chi connectivity index (χ4n) is 5.57. The van der Waals surface area contributed by atoms with Crippen molar-refractivity contribution in [1.29, 1.82) is 0 Å². The zero-order valence-electron chi connectivity index (χ0n) is 22.9. The number of nitrogens with one attached hydrogen (secondary N) is 2. The largest absolute Gasteiger partial charge is 0.345 e. The van der Waals surface area contributed by atoms with Crippen LogP contribution in [0.4, 0.5) is 5.69 Å². The molecule has 7 nitrogen and oxygen atoms in total. The summed E-state index contributed by atoms with van der Waals surface area (Å²) >= 11 is 0. The molecule has 2 aliphatic rings. The lowest BCUT2D eigenvalue weighted by molar-refractivity contribution is -0.131. The fourth-order valence-corrected chi connectivity index (χ4v) is 5.57. The number of rotatable bonds is 9. The predicted octanol–water partition coefficient (Wildman–Crippen LogP) is 4.64. The van der Waals surface area contributed by atoms with E-state index in [4.69, 9.17) is 4.99 Å². The Labute approximate surface area is 235 Å². The van der Waals surface area contributed by atoms with E-state index in [0.717, 1.165) is 48.1 Å². The Hall–Kier alpha value is -4.26. The zero-order valence-corrected chi connectivity index (χ0v) is 22.9. The summed E-state index contributed by atoms with van der Waals surface area (Å²) in [4.78, 5) is 46.5. The number of carbonyl (C=O) groups excluding carboxylic acids is 3. The normalized spacial score (nSPS) is 17.9. The monoisotopic (exact) mass is 536 g/mol. The van der Waals surface area contributed by atoms with Crippen molar-refractivity contribution in [3.05, 3.63) is 102 Å². The molecule has 1 aliphatic heterocycles. The van der Waals surface area contributed by atoms with Gasteiger partial charge in [-0.15, -0.1) is 0 Å². The molecule has 3 aromatic rings. The summed E-state index contributed by atoms with van der Waals surface area (Å²) in [5.74, 6) is -0.504. The van der Waals surface area contributed by atoms with Crippen molar-refractivity contribution in [2.75, 3.05) is 11.4 Å². The highest BCUT2D eigenvalue weighted by atomic mass is 16.2. The molecule has 0 spiro atoms. The Balaban J connectivity index is 1.41. The number of amides is 3. The summed E-state index contributed by atoms with van der Waals surface area (Å²) in [7, 11) is 0. The lowest BCUT2D eigenvalue weighted by Crippen LogP contribution is -2.53. The summed E-state index contributed by atoms with van der Waals surface area (Å²) in [6, 6.07) is 26.6. The van der Waals surface area contributed by atoms with E-state index >= 15 is 0 Å². The van der Waals surface area contributed by atoms with Crippen LogP contribution in [0.1, 0.15) is 55.7 Å². The molecule has 206 valence electrons. The van der Waals surface area contributed by atoms with Gasteiger partial charge in [0.25, 0.3) is 5.91 Å². The van der Waals surface area contributed by atoms with Crippen molar-refractivity contribution in [2.45, 2.75) is 57.7 Å². The third-order valence-electron chi connectivity index (χ3n) is 7.72. The number of nitrogens with zero attached hydrogens (tertiary/aromatic N) is 2. The van der Waals surface area contributed by atoms with E-state index in [1.54, 1.807) is 11.8 Å². The minimum Gasteiger partial charge on any atom is -0.345 e. The molecule has 1 heterocycles. The van der Waals surface area contributed by atoms with Crippen molar-refractivity contribution in [1.82, 2.24) is 10.6 Å². The summed E-state index contributed by atoms with van der Waals surface area (Å²) in [5, 5.41) is 5.66. The van der Waals surface area contributed by atoms with Crippen LogP contribution in [-0.4, -0.2) is 42.2 Å². The Morgan fingerprint density at radius 1 is 0.925 bits per heavy atom. The highest BCUT2D eigenvalue weighted by molar-refractivity contribution is 6.20. The molecule has 0 bridgehead atoms. The highest BCUT2D eigenvalue weighted by Crippen LogP contribution is 2.29. The maximum absolute atomic E-state index is 14.0. The second-order valence-electron chi connectivity index (χ2n) is 10.6. The van der Waals surface area contributed by atoms with E-state index in [2.05, 4.69) is 10.6 Å². The first kappa shape index (κ1) is 27.3. The van der Waals surface area contributed by atoms with Gasteiger partial charge in [-0.3, -0.25) is 14.4 Å². The first-order chi connectivity index (χ1) is 19.5. The lowest BCUT2D eigenvalue weighted by Gasteiger charge is -2.26. The molecule has 0 saturated heterocycles. The lowest BCUT2D eigenvalue weighted by atomic mass is 10.00. The molecule has 2 atom stereocenters. The molecular weight excluding hydrogens is 500 g/mol. The van der Waals surface area contributed by atoms with Crippen molar-refractivity contribution >= 4 is 29.1 Å². The van der Waals surface area contributed by atoms with Crippen LogP contribution in [0, 0.1) is 5.92 Å². The molecule has 2 N–H and O–H groups in total. The number of aliphatic imine (C=N–C) groups is 1. The minimum absolute atomic E-state index is 0.132. The van der Waals surface area contributed by atoms with Crippen LogP contribution in [0.3, 0.4) is 0 Å². The van der Waals surface area contributed by atoms with Crippen LogP contribution in [0.5, 0.6) is 0 Å². The molecule has 1 unspecified atom stereocenters. The number of benzene rings is 3. The van der Waals surface area contributed by atoms with Crippen molar-refractivity contribution in [3.63, 3.8) is 0 Å². The number of fused-ring (bicyclic) bond motifs is 1. The molecule has 1 fully saturated rings. The van der Waals surface area contributed by atoms with Crippen LogP contribution in [0.15, 0.2) is 89.9 Å². The summed E-state index contributed by atoms with van der Waals surface area (Å²) in [5.41, 5.74) is 4.17. The smallest absolute Gasteiger partial charge is 0.272 e. The molecule has 3 aromatic carbocycles. The third kappa shape index (κ3) is 6.47. The van der Waals surface area contributed by atoms with E-state index in [1.165, 1.54) is 0 Å². The van der Waals surface area contributed by atoms with Crippen LogP contribution in [0.25, 0.3) is 0 Å². The van der Waals surface area contributed by atoms with Gasteiger partial charge in [0.2, 0.25) is 18.0 Å². The molecular formula is C33H36N4O3. The van der Waals surface area contributed by atoms with E-state index in [-0.39, 0.29) is 11.8 Å². The summed E-state index contributed by atoms with van der Waals surface area (Å²) in [6.07, 6.45) is 4.36. The van der Waals surface area contributed by atoms with Gasteiger partial charge in [0.05, 0.1) is 11.4 Å². The van der Waals surface area contributed by atoms with Gasteiger partial charge in [0.15, 0.2) is 0 Å². The van der Waals surface area contributed by atoms with Crippen LogP contribution >= 0.6 is 0 Å². The highest BCUT2D eigenvalue weighted by Gasteiger charge is 2.34. The van der Waals surface area contributed by atoms with Gasteiger partial charge in [0, 0.05) is 24.1 Å². The quantitative estimate of drug-likeness (QED) is 0.418. The van der Waals surface area contributed by atoms with Gasteiger partial charge in [-0.05, 0) is 43.7 Å². The van der Waals surface area contributed by atoms with Gasteiger partial charge >= 0.3 is 0 Å². The number of benzodiazepines with no additional fused rings is 1. The molecule has 5 rings (SSSR count). The van der Waals surface area contributed by atoms with Gasteiger partial charge in [-0.1, -0.05) is 91.7 Å². The zero-order chi connectivity index (χ0) is 27.9. The van der Waals surface area contributed by atoms with Crippen LogP contribution < -0.4 is 15.5 Å². The number of hydrogen-bond acceptors (Lipinski definition) is 4. The minimum atomic E-state index is -1.14. The SMILES string of the molecule is C[C@H](NC(=O)CC1CCCC1)C(=O)NC1N=C(c2ccccc2)c2ccccc2N(CCc2ccccc2)C1=O. The van der Waals surface area contributed by atoms with E-state index in [1.807, 2.05) is 84.9 Å². The topological polar surface area (TPSA) is 90.9 Å². The Kier molecular flexibility index (Phi) is 8.69. The fraction of sp³-hybridized carbons (Fsp3) is 0.333. The maximum Gasteiger partial charge on any atom is 0.272 e. The molecule has 0 aromatic heterocycles. The number of para-hydroxylation sites is 1. The molecule has 1 aliphatic carbocycles. The van der Waals surface area contributed by atoms with Crippen LogP contribution in [-0.2, 0) is 20.8 Å². The number of anilines is 1. The molecule has 1 saturated carbocycles. The second-order valence-corrected chi connectivity index (χ2v) is 10.6. The predicted molar refractivity (Wildman–Crippen MR) is 157 cm³/mol. The van der Waals surface area contributed by atoms with E-state index in [9.17, 15) is 14.4 Å². The van der Waals surface area contributed by atoms with Crippen molar-refractivity contribution < 1.29 is 14.4 Å². The average molecular weight is 537 g/mol. The Bertz CT molecular complexity index is 1370. The number of carbonyl (C=O) groups is 3. The maximum atomic E-state index is 14.0. The molecule has 0 radical (unpaired) electrons. The van der Waals surface area contributed by atoms with Crippen molar-refractivity contribution in [2.24, 2.45) is 10.9 Å². The van der Waals surface area contributed by atoms with E-state index in [0.29, 0.717) is 31.0 Å². The standard InChI is InChI=1S/C33H36N4O3/c1-23(34-29(38)22-25-14-8-9-15-25)32(39)36-31-33(40)37(21-20-24-12-4-2-5-13-24)28-19-11-10-18-27(28)30(35-31)26-16-6-3-7-17-26/h2-7,10-13,16-19,23,25,31H,8-9,14-15,20-22H2,1H3,(H,34,38)(H,36,39)/t23-,31?/m0/s1. The average Bonchev–Trinajstić information content (AvgIpc) is 3.45. The van der Waals surface area contributed by atoms with Gasteiger partial charge in [0.1, 0.15) is 6.04 Å². The summed E-state index contributed by atoms with van der Waals surface area (Å²) in [6.45, 7) is 2.07. The molecule has 3 amide bonds. The van der Waals surface area contributed by atoms with Crippen molar-refractivity contribution in [3.8, 4) is 0 Å². The first-order valence-electron chi connectivity index (χ1n) is 14.2. The molecule has 40 heavy (non-hydrogen) atoms. The van der Waals surface area contributed by atoms with Gasteiger partial charge in [-0.25, -0.2) is 4.99 Å². The first-order valence-corrected chi connectivity index (χ1v) is 14.2. The molecule has 7 heteroatoms. The third-order valence-corrected chi connectivity index (χ3v) is 7.72. The Morgan fingerprint density at radius 2 is 1.57 bits per heavy atom.